The minimum absolute atomic E-state index is 0.0632. The molecule has 0 radical (unpaired) electrons. The fraction of sp³-hybridized carbons (Fsp3) is 0.500. The van der Waals surface area contributed by atoms with Crippen LogP contribution in [0, 0.1) is 11.3 Å². The third-order valence-electron chi connectivity index (χ3n) is 8.33. The van der Waals surface area contributed by atoms with E-state index in [4.69, 9.17) is 4.99 Å². The smallest absolute Gasteiger partial charge is 0.407 e. The van der Waals surface area contributed by atoms with Gasteiger partial charge in [-0.3, -0.25) is 19.6 Å². The number of halogens is 1. The molecule has 8 heteroatoms. The van der Waals surface area contributed by atoms with Crippen LogP contribution in [0.25, 0.3) is 0 Å². The maximum absolute atomic E-state index is 14.1. The Labute approximate surface area is 233 Å². The summed E-state index contributed by atoms with van der Waals surface area (Å²) >= 11 is 3.51. The molecular weight excluding hydrogens is 544 g/mol. The molecule has 2 aromatic rings. The molecule has 2 fully saturated rings. The molecule has 3 aliphatic rings. The Morgan fingerprint density at radius 3 is 2.32 bits per heavy atom. The van der Waals surface area contributed by atoms with E-state index in [2.05, 4.69) is 65.9 Å². The van der Waals surface area contributed by atoms with Crippen molar-refractivity contribution in [1.29, 1.82) is 0 Å². The molecule has 5 rings (SSSR count). The lowest BCUT2D eigenvalue weighted by atomic mass is 9.83. The summed E-state index contributed by atoms with van der Waals surface area (Å²) in [7, 11) is 0. The summed E-state index contributed by atoms with van der Waals surface area (Å²) in [6.07, 6.45) is 1.23. The highest BCUT2D eigenvalue weighted by molar-refractivity contribution is 9.10. The van der Waals surface area contributed by atoms with Crippen molar-refractivity contribution in [2.24, 2.45) is 16.3 Å². The number of piperidine rings is 1. The van der Waals surface area contributed by atoms with Gasteiger partial charge in [-0.1, -0.05) is 79.2 Å². The molecule has 0 aliphatic carbocycles. The van der Waals surface area contributed by atoms with Gasteiger partial charge in [0.1, 0.15) is 11.4 Å². The fourth-order valence-electron chi connectivity index (χ4n) is 6.24. The average molecular weight is 582 g/mol. The third kappa shape index (κ3) is 5.38. The number of nitrogens with zero attached hydrogens (tertiary/aromatic N) is 4. The molecule has 1 spiro atoms. The third-order valence-corrected chi connectivity index (χ3v) is 8.86. The molecule has 0 saturated carbocycles. The van der Waals surface area contributed by atoms with Crippen LogP contribution >= 0.6 is 15.9 Å². The van der Waals surface area contributed by atoms with Gasteiger partial charge in [0.25, 0.3) is 5.91 Å². The van der Waals surface area contributed by atoms with Gasteiger partial charge in [0.15, 0.2) is 0 Å². The molecule has 3 heterocycles. The lowest BCUT2D eigenvalue weighted by Gasteiger charge is -2.36. The number of amides is 2. The first-order valence-corrected chi connectivity index (χ1v) is 14.3. The zero-order chi connectivity index (χ0) is 27.1. The number of rotatable bonds is 5. The molecule has 2 unspecified atom stereocenters. The highest BCUT2D eigenvalue weighted by Crippen LogP contribution is 2.39. The number of hydrogen-bond acceptors (Lipinski definition) is 4. The van der Waals surface area contributed by atoms with Crippen molar-refractivity contribution in [2.45, 2.75) is 58.2 Å². The van der Waals surface area contributed by atoms with Crippen molar-refractivity contribution >= 4 is 33.8 Å². The predicted molar refractivity (Wildman–Crippen MR) is 152 cm³/mol. The molecule has 202 valence electrons. The van der Waals surface area contributed by atoms with Crippen molar-refractivity contribution in [2.75, 3.05) is 26.2 Å². The lowest BCUT2D eigenvalue weighted by Crippen LogP contribution is -2.50. The van der Waals surface area contributed by atoms with Gasteiger partial charge in [0.05, 0.1) is 0 Å². The van der Waals surface area contributed by atoms with Crippen LogP contribution in [-0.2, 0) is 11.3 Å². The summed E-state index contributed by atoms with van der Waals surface area (Å²) < 4.78 is 0.975. The van der Waals surface area contributed by atoms with E-state index in [1.165, 1.54) is 5.56 Å². The first-order chi connectivity index (χ1) is 18.1. The minimum Gasteiger partial charge on any atom is -0.465 e. The van der Waals surface area contributed by atoms with Crippen LogP contribution in [-0.4, -0.2) is 75.4 Å². The van der Waals surface area contributed by atoms with Gasteiger partial charge in [0, 0.05) is 48.8 Å². The number of carboxylic acid groups (broad SMARTS) is 1. The molecule has 2 atom stereocenters. The van der Waals surface area contributed by atoms with E-state index in [1.807, 2.05) is 35.2 Å². The normalized spacial score (nSPS) is 23.8. The number of hydrogen-bond donors (Lipinski definition) is 1. The second kappa shape index (κ2) is 10.5. The topological polar surface area (TPSA) is 76.5 Å². The highest BCUT2D eigenvalue weighted by atomic mass is 79.9. The molecule has 0 bridgehead atoms. The number of carbonyl (C=O) groups excluding carboxylic acids is 1. The monoisotopic (exact) mass is 580 g/mol. The van der Waals surface area contributed by atoms with E-state index in [0.29, 0.717) is 25.9 Å². The van der Waals surface area contributed by atoms with Crippen molar-refractivity contribution < 1.29 is 14.7 Å². The van der Waals surface area contributed by atoms with E-state index in [9.17, 15) is 14.7 Å². The maximum Gasteiger partial charge on any atom is 0.407 e. The molecule has 7 nitrogen and oxygen atoms in total. The van der Waals surface area contributed by atoms with E-state index in [-0.39, 0.29) is 23.3 Å². The van der Waals surface area contributed by atoms with Gasteiger partial charge in [0.2, 0.25) is 0 Å². The zero-order valence-corrected chi connectivity index (χ0v) is 24.0. The second-order valence-corrected chi connectivity index (χ2v) is 13.0. The number of benzene rings is 2. The Bertz CT molecular complexity index is 1200. The largest absolute Gasteiger partial charge is 0.465 e. The van der Waals surface area contributed by atoms with Gasteiger partial charge in [-0.2, -0.15) is 0 Å². The van der Waals surface area contributed by atoms with Gasteiger partial charge in [-0.15, -0.1) is 0 Å². The van der Waals surface area contributed by atoms with Crippen LogP contribution in [0.5, 0.6) is 0 Å². The maximum atomic E-state index is 14.1. The molecule has 2 amide bonds. The quantitative estimate of drug-likeness (QED) is 0.507. The van der Waals surface area contributed by atoms with E-state index < -0.39 is 11.6 Å². The molecule has 0 aromatic heterocycles. The summed E-state index contributed by atoms with van der Waals surface area (Å²) in [5, 5.41) is 9.88. The highest BCUT2D eigenvalue weighted by Gasteiger charge is 2.51. The van der Waals surface area contributed by atoms with Crippen LogP contribution in [0.1, 0.15) is 51.2 Å². The Morgan fingerprint density at radius 2 is 1.74 bits per heavy atom. The number of aliphatic imine (C=N–C) groups is 1. The molecule has 3 aliphatic heterocycles. The van der Waals surface area contributed by atoms with E-state index >= 15 is 0 Å². The number of carbonyl (C=O) groups is 2. The van der Waals surface area contributed by atoms with Crippen molar-refractivity contribution in [3.8, 4) is 0 Å². The van der Waals surface area contributed by atoms with Gasteiger partial charge in [-0.05, 0) is 48.3 Å². The molecule has 2 aromatic carbocycles. The van der Waals surface area contributed by atoms with Crippen LogP contribution in [0.3, 0.4) is 0 Å². The predicted octanol–water partition coefficient (Wildman–Crippen LogP) is 5.49. The van der Waals surface area contributed by atoms with E-state index in [0.717, 1.165) is 41.9 Å². The van der Waals surface area contributed by atoms with Crippen LogP contribution in [0.2, 0.25) is 0 Å². The summed E-state index contributed by atoms with van der Waals surface area (Å²) in [6.45, 7) is 9.69. The molecule has 38 heavy (non-hydrogen) atoms. The molecular formula is C30H37BrN4O3. The van der Waals surface area contributed by atoms with Crippen molar-refractivity contribution in [1.82, 2.24) is 14.7 Å². The minimum atomic E-state index is -0.885. The Hall–Kier alpha value is -2.71. The molecule has 1 N–H and O–H groups in total. The fourth-order valence-corrected chi connectivity index (χ4v) is 6.51. The lowest BCUT2D eigenvalue weighted by molar-refractivity contribution is -0.133. The molecule has 2 saturated heterocycles. The van der Waals surface area contributed by atoms with E-state index in [1.54, 1.807) is 4.90 Å². The Balaban J connectivity index is 1.37. The first-order valence-electron chi connectivity index (χ1n) is 13.5. The number of amidine groups is 1. The summed E-state index contributed by atoms with van der Waals surface area (Å²) in [5.41, 5.74) is 1.28. The summed E-state index contributed by atoms with van der Waals surface area (Å²) in [6, 6.07) is 18.3. The SMILES string of the molecule is CC(C)(C)C1CC(CN2C(=O)C3(CCN(Cc4ccccc4)CC3)N=C2c2ccc(Br)cc2)CN1C(=O)O. The number of likely N-dealkylation sites (tertiary alicyclic amines) is 2. The first kappa shape index (κ1) is 26.9. The van der Waals surface area contributed by atoms with Crippen LogP contribution < -0.4 is 0 Å². The van der Waals surface area contributed by atoms with Crippen LogP contribution in [0.4, 0.5) is 4.79 Å². The zero-order valence-electron chi connectivity index (χ0n) is 22.4. The second-order valence-electron chi connectivity index (χ2n) is 12.1. The Kier molecular flexibility index (Phi) is 7.40. The van der Waals surface area contributed by atoms with Crippen molar-refractivity contribution in [3.05, 3.63) is 70.2 Å². The van der Waals surface area contributed by atoms with Crippen LogP contribution in [0.15, 0.2) is 64.1 Å². The average Bonchev–Trinajstić information content (AvgIpc) is 3.43. The standard InChI is InChI=1S/C30H37BrN4O3/c1-29(2,3)25-17-22(19-34(25)28(37)38)20-35-26(23-9-11-24(31)12-10-23)32-30(27(35)36)13-15-33(16-14-30)18-21-7-5-4-6-8-21/h4-12,22,25H,13-20H2,1-3H3,(H,37,38). The van der Waals surface area contributed by atoms with Gasteiger partial charge < -0.3 is 10.0 Å². The summed E-state index contributed by atoms with van der Waals surface area (Å²) in [4.78, 5) is 37.2. The van der Waals surface area contributed by atoms with Gasteiger partial charge >= 0.3 is 6.09 Å². The Morgan fingerprint density at radius 1 is 1.08 bits per heavy atom. The summed E-state index contributed by atoms with van der Waals surface area (Å²) in [5.74, 6) is 0.851. The van der Waals surface area contributed by atoms with Gasteiger partial charge in [-0.25, -0.2) is 4.79 Å². The van der Waals surface area contributed by atoms with Crippen molar-refractivity contribution in [3.63, 3.8) is 0 Å².